The van der Waals surface area contributed by atoms with Crippen LogP contribution in [0.1, 0.15) is 0 Å². The maximum Gasteiger partial charge on any atom is 0.154 e. The molecule has 2 rings (SSSR count). The number of rotatable bonds is 0. The summed E-state index contributed by atoms with van der Waals surface area (Å²) in [5.41, 5.74) is 0.491. The van der Waals surface area contributed by atoms with Crippen molar-refractivity contribution in [1.82, 2.24) is 4.73 Å². The van der Waals surface area contributed by atoms with Gasteiger partial charge < -0.3 is 10.3 Å². The first-order valence-corrected chi connectivity index (χ1v) is 3.64. The Balaban J connectivity index is 2.98. The van der Waals surface area contributed by atoms with Gasteiger partial charge in [-0.15, -0.1) is 11.3 Å². The molecule has 0 aliphatic carbocycles. The molecule has 3 nitrogen and oxygen atoms in total. The molecule has 0 aliphatic rings. The van der Waals surface area contributed by atoms with Crippen LogP contribution in [0.25, 0.3) is 10.2 Å². The van der Waals surface area contributed by atoms with Gasteiger partial charge in [-0.1, -0.05) is 0 Å². The van der Waals surface area contributed by atoms with E-state index in [4.69, 9.17) is 10.3 Å². The molecule has 52 valence electrons. The van der Waals surface area contributed by atoms with Crippen LogP contribution in [0.3, 0.4) is 0 Å². The second kappa shape index (κ2) is 1.67. The number of thiophene rings is 1. The monoisotopic (exact) mass is 155 g/mol. The molecule has 2 N–H and O–H groups in total. The third kappa shape index (κ3) is 0.537. The van der Waals surface area contributed by atoms with Crippen LogP contribution in [0.2, 0.25) is 0 Å². The van der Waals surface area contributed by atoms with Gasteiger partial charge in [0.1, 0.15) is 5.52 Å². The minimum atomic E-state index is 0.132. The first kappa shape index (κ1) is 5.61. The third-order valence-corrected chi connectivity index (χ3v) is 2.29. The van der Waals surface area contributed by atoms with Crippen LogP contribution in [0.4, 0.5) is 0 Å². The molecule has 0 aromatic carbocycles. The Bertz CT molecular complexity index is 331. The first-order valence-electron chi connectivity index (χ1n) is 2.76. The third-order valence-electron chi connectivity index (χ3n) is 1.37. The summed E-state index contributed by atoms with van der Waals surface area (Å²) in [4.78, 5) is 0. The van der Waals surface area contributed by atoms with Crippen molar-refractivity contribution in [1.29, 1.82) is 0 Å². The fraction of sp³-hybridized carbons (Fsp3) is 0. The normalized spacial score (nSPS) is 10.8. The van der Waals surface area contributed by atoms with Gasteiger partial charge in [0.25, 0.3) is 0 Å². The lowest BCUT2D eigenvalue weighted by Crippen LogP contribution is -1.83. The van der Waals surface area contributed by atoms with E-state index >= 15 is 0 Å². The minimum absolute atomic E-state index is 0.132. The van der Waals surface area contributed by atoms with E-state index in [0.29, 0.717) is 5.52 Å². The van der Waals surface area contributed by atoms with E-state index in [2.05, 4.69) is 0 Å². The number of fused-ring (bicyclic) bond motifs is 1. The van der Waals surface area contributed by atoms with E-state index < -0.39 is 0 Å². The molecule has 4 heteroatoms. The van der Waals surface area contributed by atoms with Crippen LogP contribution in [0.15, 0.2) is 17.6 Å². The number of hydrogen-bond donors (Lipinski definition) is 2. The fourth-order valence-electron chi connectivity index (χ4n) is 0.918. The van der Waals surface area contributed by atoms with Crippen molar-refractivity contribution in [2.75, 3.05) is 0 Å². The Morgan fingerprint density at radius 1 is 1.50 bits per heavy atom. The largest absolute Gasteiger partial charge is 0.505 e. The minimum Gasteiger partial charge on any atom is -0.505 e. The summed E-state index contributed by atoms with van der Waals surface area (Å²) >= 11 is 1.40. The first-order chi connectivity index (χ1) is 4.79. The van der Waals surface area contributed by atoms with Crippen molar-refractivity contribution in [2.45, 2.75) is 0 Å². The van der Waals surface area contributed by atoms with E-state index in [-0.39, 0.29) is 5.75 Å². The lowest BCUT2D eigenvalue weighted by molar-refractivity contribution is 0.198. The van der Waals surface area contributed by atoms with Gasteiger partial charge in [-0.25, -0.2) is 0 Å². The molecule has 2 heterocycles. The van der Waals surface area contributed by atoms with Crippen molar-refractivity contribution in [3.63, 3.8) is 0 Å². The molecule has 2 aromatic rings. The summed E-state index contributed by atoms with van der Waals surface area (Å²) in [5.74, 6) is 0.132. The Hall–Kier alpha value is -1.16. The van der Waals surface area contributed by atoms with Crippen LogP contribution in [0, 0.1) is 0 Å². The van der Waals surface area contributed by atoms with Gasteiger partial charge in [0.15, 0.2) is 5.75 Å². The lowest BCUT2D eigenvalue weighted by Gasteiger charge is -1.89. The van der Waals surface area contributed by atoms with E-state index in [9.17, 15) is 0 Å². The zero-order chi connectivity index (χ0) is 7.14. The molecule has 0 aliphatic heterocycles. The zero-order valence-electron chi connectivity index (χ0n) is 4.98. The van der Waals surface area contributed by atoms with E-state index in [1.165, 1.54) is 17.5 Å². The van der Waals surface area contributed by atoms with E-state index in [1.807, 2.05) is 0 Å². The van der Waals surface area contributed by atoms with Gasteiger partial charge in [0, 0.05) is 11.6 Å². The highest BCUT2D eigenvalue weighted by Gasteiger charge is 2.05. The summed E-state index contributed by atoms with van der Waals surface area (Å²) in [5, 5.41) is 19.7. The van der Waals surface area contributed by atoms with Crippen molar-refractivity contribution in [2.24, 2.45) is 0 Å². The average Bonchev–Trinajstić information content (AvgIpc) is 2.40. The average molecular weight is 155 g/mol. The summed E-state index contributed by atoms with van der Waals surface area (Å²) < 4.78 is 1.81. The van der Waals surface area contributed by atoms with Crippen molar-refractivity contribution >= 4 is 21.6 Å². The van der Waals surface area contributed by atoms with Gasteiger partial charge in [-0.3, -0.25) is 0 Å². The summed E-state index contributed by atoms with van der Waals surface area (Å²) in [6.07, 6.45) is 1.50. The van der Waals surface area contributed by atoms with E-state index in [0.717, 1.165) is 9.43 Å². The molecule has 0 radical (unpaired) electrons. The Labute approximate surface area is 60.7 Å². The summed E-state index contributed by atoms with van der Waals surface area (Å²) in [6, 6.07) is 1.75. The van der Waals surface area contributed by atoms with Gasteiger partial charge >= 0.3 is 0 Å². The smallest absolute Gasteiger partial charge is 0.154 e. The predicted molar refractivity (Wildman–Crippen MR) is 38.7 cm³/mol. The highest BCUT2D eigenvalue weighted by atomic mass is 32.1. The SMILES string of the molecule is Oc1csc2ccn(O)c12. The van der Waals surface area contributed by atoms with Gasteiger partial charge in [-0.05, 0) is 6.07 Å². The van der Waals surface area contributed by atoms with Gasteiger partial charge in [-0.2, -0.15) is 4.73 Å². The molecule has 0 amide bonds. The van der Waals surface area contributed by atoms with Crippen LogP contribution in [-0.2, 0) is 0 Å². The Kier molecular flexibility index (Phi) is 0.935. The topological polar surface area (TPSA) is 45.4 Å². The highest BCUT2D eigenvalue weighted by Crippen LogP contribution is 2.30. The Morgan fingerprint density at radius 3 is 3.00 bits per heavy atom. The molecule has 0 unspecified atom stereocenters. The molecule has 2 aromatic heterocycles. The lowest BCUT2D eigenvalue weighted by atomic mass is 10.5. The molecule has 10 heavy (non-hydrogen) atoms. The number of aromatic hydroxyl groups is 1. The number of nitrogens with zero attached hydrogens (tertiary/aromatic N) is 1. The predicted octanol–water partition coefficient (Wildman–Crippen LogP) is 1.65. The van der Waals surface area contributed by atoms with Gasteiger partial charge in [0.05, 0.1) is 4.70 Å². The summed E-state index contributed by atoms with van der Waals surface area (Å²) in [6.45, 7) is 0. The number of hydrogen-bond acceptors (Lipinski definition) is 3. The highest BCUT2D eigenvalue weighted by molar-refractivity contribution is 7.17. The van der Waals surface area contributed by atoms with Crippen LogP contribution in [-0.4, -0.2) is 15.0 Å². The zero-order valence-corrected chi connectivity index (χ0v) is 5.80. The van der Waals surface area contributed by atoms with E-state index in [1.54, 1.807) is 11.4 Å². The van der Waals surface area contributed by atoms with Crippen molar-refractivity contribution < 1.29 is 10.3 Å². The van der Waals surface area contributed by atoms with Gasteiger partial charge in [0.2, 0.25) is 0 Å². The molecule has 0 fully saturated rings. The number of aromatic nitrogens is 1. The van der Waals surface area contributed by atoms with Crippen LogP contribution >= 0.6 is 11.3 Å². The second-order valence-corrected chi connectivity index (χ2v) is 2.91. The molecule has 0 atom stereocenters. The van der Waals surface area contributed by atoms with Crippen LogP contribution < -0.4 is 0 Å². The molecule has 0 spiro atoms. The maximum atomic E-state index is 9.11. The standard InChI is InChI=1S/C6H5NO2S/c8-4-3-10-5-1-2-7(9)6(4)5/h1-3,8-9H. The van der Waals surface area contributed by atoms with Crippen LogP contribution in [0.5, 0.6) is 5.75 Å². The maximum absolute atomic E-state index is 9.11. The Morgan fingerprint density at radius 2 is 2.30 bits per heavy atom. The molecular weight excluding hydrogens is 150 g/mol. The second-order valence-electron chi connectivity index (χ2n) is 1.99. The molecule has 0 saturated carbocycles. The summed E-state index contributed by atoms with van der Waals surface area (Å²) in [7, 11) is 0. The van der Waals surface area contributed by atoms with Crippen molar-refractivity contribution in [3.8, 4) is 5.75 Å². The molecule has 0 saturated heterocycles. The van der Waals surface area contributed by atoms with Crippen molar-refractivity contribution in [3.05, 3.63) is 17.6 Å². The quantitative estimate of drug-likeness (QED) is 0.568. The molecular formula is C6H5NO2S. The fourth-order valence-corrected chi connectivity index (χ4v) is 1.72. The molecule has 0 bridgehead atoms.